The summed E-state index contributed by atoms with van der Waals surface area (Å²) in [6.45, 7) is 5.15. The Balaban J connectivity index is 1.45. The SMILES string of the molecule is COc1ccc(C2CCN(CC(O)C3CCNCC3)CC2)cc1. The molecule has 0 bridgehead atoms. The van der Waals surface area contributed by atoms with Crippen molar-refractivity contribution in [1.82, 2.24) is 10.2 Å². The van der Waals surface area contributed by atoms with Crippen molar-refractivity contribution < 1.29 is 9.84 Å². The number of methoxy groups -OCH3 is 1. The van der Waals surface area contributed by atoms with Crippen LogP contribution in [0, 0.1) is 5.92 Å². The zero-order chi connectivity index (χ0) is 16.1. The van der Waals surface area contributed by atoms with E-state index in [1.807, 2.05) is 0 Å². The van der Waals surface area contributed by atoms with Gasteiger partial charge in [0, 0.05) is 6.54 Å². The lowest BCUT2D eigenvalue weighted by atomic mass is 9.88. The number of nitrogens with one attached hydrogen (secondary N) is 1. The maximum absolute atomic E-state index is 10.5. The van der Waals surface area contributed by atoms with Crippen LogP contribution in [0.1, 0.15) is 37.2 Å². The van der Waals surface area contributed by atoms with E-state index in [0.29, 0.717) is 11.8 Å². The predicted octanol–water partition coefficient (Wildman–Crippen LogP) is 2.24. The van der Waals surface area contributed by atoms with Crippen LogP contribution in [0.4, 0.5) is 0 Å². The average molecular weight is 318 g/mol. The second-order valence-corrected chi connectivity index (χ2v) is 7.00. The van der Waals surface area contributed by atoms with Gasteiger partial charge in [0.2, 0.25) is 0 Å². The quantitative estimate of drug-likeness (QED) is 0.874. The highest BCUT2D eigenvalue weighted by molar-refractivity contribution is 5.29. The average Bonchev–Trinajstić information content (AvgIpc) is 2.63. The number of rotatable bonds is 5. The van der Waals surface area contributed by atoms with Crippen molar-refractivity contribution in [3.63, 3.8) is 0 Å². The molecular weight excluding hydrogens is 288 g/mol. The summed E-state index contributed by atoms with van der Waals surface area (Å²) < 4.78 is 5.23. The van der Waals surface area contributed by atoms with Crippen LogP contribution in [-0.4, -0.2) is 55.9 Å². The molecule has 0 amide bonds. The van der Waals surface area contributed by atoms with E-state index in [1.165, 1.54) is 18.4 Å². The first kappa shape index (κ1) is 16.7. The normalized spacial score (nSPS) is 22.9. The molecule has 2 aliphatic rings. The molecule has 4 heteroatoms. The van der Waals surface area contributed by atoms with Crippen molar-refractivity contribution in [3.8, 4) is 5.75 Å². The van der Waals surface area contributed by atoms with Gasteiger partial charge in [0.15, 0.2) is 0 Å². The number of aliphatic hydroxyl groups excluding tert-OH is 1. The molecule has 0 radical (unpaired) electrons. The summed E-state index contributed by atoms with van der Waals surface area (Å²) in [6, 6.07) is 8.51. The van der Waals surface area contributed by atoms with E-state index < -0.39 is 0 Å². The molecule has 128 valence electrons. The molecule has 23 heavy (non-hydrogen) atoms. The summed E-state index contributed by atoms with van der Waals surface area (Å²) in [5, 5.41) is 13.9. The van der Waals surface area contributed by atoms with Crippen LogP contribution in [0.3, 0.4) is 0 Å². The Bertz CT molecular complexity index is 463. The van der Waals surface area contributed by atoms with Gasteiger partial charge in [0.1, 0.15) is 5.75 Å². The molecule has 2 fully saturated rings. The molecule has 1 unspecified atom stereocenters. The van der Waals surface area contributed by atoms with E-state index in [9.17, 15) is 5.11 Å². The Morgan fingerprint density at radius 1 is 1.13 bits per heavy atom. The second kappa shape index (κ2) is 8.13. The third kappa shape index (κ3) is 4.46. The summed E-state index contributed by atoms with van der Waals surface area (Å²) >= 11 is 0. The monoisotopic (exact) mass is 318 g/mol. The van der Waals surface area contributed by atoms with Crippen LogP contribution in [0.5, 0.6) is 5.75 Å². The first-order valence-electron chi connectivity index (χ1n) is 9.01. The zero-order valence-corrected chi connectivity index (χ0v) is 14.2. The molecule has 1 aromatic carbocycles. The Labute approximate surface area is 139 Å². The summed E-state index contributed by atoms with van der Waals surface area (Å²) in [4.78, 5) is 2.45. The fraction of sp³-hybridized carbons (Fsp3) is 0.684. The minimum absolute atomic E-state index is 0.158. The third-order valence-corrected chi connectivity index (χ3v) is 5.55. The second-order valence-electron chi connectivity index (χ2n) is 7.00. The number of β-amino-alcohol motifs (C(OH)–C–C–N with tert-alkyl or cyclic N) is 1. The number of nitrogens with zero attached hydrogens (tertiary/aromatic N) is 1. The Hall–Kier alpha value is -1.10. The van der Waals surface area contributed by atoms with Crippen molar-refractivity contribution in [2.24, 2.45) is 5.92 Å². The molecule has 2 aliphatic heterocycles. The molecule has 0 saturated carbocycles. The van der Waals surface area contributed by atoms with Gasteiger partial charge in [-0.05, 0) is 81.4 Å². The van der Waals surface area contributed by atoms with Gasteiger partial charge in [0.05, 0.1) is 13.2 Å². The van der Waals surface area contributed by atoms with E-state index in [1.54, 1.807) is 7.11 Å². The Morgan fingerprint density at radius 3 is 2.39 bits per heavy atom. The van der Waals surface area contributed by atoms with Gasteiger partial charge in [-0.3, -0.25) is 0 Å². The minimum Gasteiger partial charge on any atom is -0.497 e. The number of hydrogen-bond donors (Lipinski definition) is 2. The number of likely N-dealkylation sites (tertiary alicyclic amines) is 1. The van der Waals surface area contributed by atoms with E-state index in [0.717, 1.165) is 51.3 Å². The zero-order valence-electron chi connectivity index (χ0n) is 14.2. The van der Waals surface area contributed by atoms with Crippen LogP contribution >= 0.6 is 0 Å². The summed E-state index contributed by atoms with van der Waals surface area (Å²) in [6.07, 6.45) is 4.44. The van der Waals surface area contributed by atoms with E-state index >= 15 is 0 Å². The Morgan fingerprint density at radius 2 is 1.78 bits per heavy atom. The molecule has 4 nitrogen and oxygen atoms in total. The van der Waals surface area contributed by atoms with Crippen LogP contribution < -0.4 is 10.1 Å². The van der Waals surface area contributed by atoms with E-state index in [4.69, 9.17) is 4.74 Å². The molecule has 1 aromatic rings. The van der Waals surface area contributed by atoms with Gasteiger partial charge < -0.3 is 20.1 Å². The smallest absolute Gasteiger partial charge is 0.118 e. The highest BCUT2D eigenvalue weighted by atomic mass is 16.5. The fourth-order valence-electron chi connectivity index (χ4n) is 3.97. The van der Waals surface area contributed by atoms with Gasteiger partial charge in [0.25, 0.3) is 0 Å². The van der Waals surface area contributed by atoms with Crippen LogP contribution in [0.25, 0.3) is 0 Å². The first-order chi connectivity index (χ1) is 11.3. The molecule has 2 heterocycles. The highest BCUT2D eigenvalue weighted by Gasteiger charge is 2.26. The molecule has 0 spiro atoms. The summed E-state index contributed by atoms with van der Waals surface area (Å²) in [5.74, 6) is 2.06. The van der Waals surface area contributed by atoms with Gasteiger partial charge in [-0.15, -0.1) is 0 Å². The predicted molar refractivity (Wildman–Crippen MR) is 93.0 cm³/mol. The van der Waals surface area contributed by atoms with Gasteiger partial charge in [-0.25, -0.2) is 0 Å². The standard InChI is InChI=1S/C19H30N2O2/c1-23-18-4-2-15(3-5-18)16-8-12-21(13-9-16)14-19(22)17-6-10-20-11-7-17/h2-5,16-17,19-20,22H,6-14H2,1H3. The Kier molecular flexibility index (Phi) is 5.92. The summed E-state index contributed by atoms with van der Waals surface area (Å²) in [7, 11) is 1.71. The number of ether oxygens (including phenoxy) is 1. The van der Waals surface area contributed by atoms with Crippen LogP contribution in [-0.2, 0) is 0 Å². The van der Waals surface area contributed by atoms with E-state index in [-0.39, 0.29) is 6.10 Å². The van der Waals surface area contributed by atoms with Crippen molar-refractivity contribution in [2.75, 3.05) is 39.8 Å². The lowest BCUT2D eigenvalue weighted by molar-refractivity contribution is 0.0426. The lowest BCUT2D eigenvalue weighted by Gasteiger charge is -2.36. The molecular formula is C19H30N2O2. The number of piperidine rings is 2. The van der Waals surface area contributed by atoms with Crippen molar-refractivity contribution >= 4 is 0 Å². The van der Waals surface area contributed by atoms with Gasteiger partial charge in [-0.2, -0.15) is 0 Å². The molecule has 2 N–H and O–H groups in total. The fourth-order valence-corrected chi connectivity index (χ4v) is 3.97. The molecule has 1 atom stereocenters. The maximum atomic E-state index is 10.5. The van der Waals surface area contributed by atoms with Gasteiger partial charge in [-0.1, -0.05) is 12.1 Å². The maximum Gasteiger partial charge on any atom is 0.118 e. The largest absolute Gasteiger partial charge is 0.497 e. The van der Waals surface area contributed by atoms with Crippen molar-refractivity contribution in [1.29, 1.82) is 0 Å². The number of aliphatic hydroxyl groups is 1. The summed E-state index contributed by atoms with van der Waals surface area (Å²) in [5.41, 5.74) is 1.42. The molecule has 0 aliphatic carbocycles. The van der Waals surface area contributed by atoms with Crippen LogP contribution in [0.15, 0.2) is 24.3 Å². The number of hydrogen-bond acceptors (Lipinski definition) is 4. The first-order valence-corrected chi connectivity index (χ1v) is 9.01. The van der Waals surface area contributed by atoms with E-state index in [2.05, 4.69) is 34.5 Å². The van der Waals surface area contributed by atoms with Crippen molar-refractivity contribution in [3.05, 3.63) is 29.8 Å². The van der Waals surface area contributed by atoms with Gasteiger partial charge >= 0.3 is 0 Å². The highest BCUT2D eigenvalue weighted by Crippen LogP contribution is 2.29. The number of benzene rings is 1. The lowest BCUT2D eigenvalue weighted by Crippen LogP contribution is -2.43. The molecule has 0 aromatic heterocycles. The topological polar surface area (TPSA) is 44.7 Å². The van der Waals surface area contributed by atoms with Crippen LogP contribution in [0.2, 0.25) is 0 Å². The molecule has 2 saturated heterocycles. The minimum atomic E-state index is -0.158. The molecule has 3 rings (SSSR count). The third-order valence-electron chi connectivity index (χ3n) is 5.55. The van der Waals surface area contributed by atoms with Crippen molar-refractivity contribution in [2.45, 2.75) is 37.7 Å².